The normalized spacial score (nSPS) is 13.9. The van der Waals surface area contributed by atoms with Crippen molar-refractivity contribution in [1.82, 2.24) is 40.0 Å². The van der Waals surface area contributed by atoms with E-state index in [1.54, 1.807) is 24.8 Å². The second-order valence-electron chi connectivity index (χ2n) is 12.5. The lowest BCUT2D eigenvalue weighted by atomic mass is 9.87. The number of aromatic amines is 2. The van der Waals surface area contributed by atoms with Gasteiger partial charge in [0.25, 0.3) is 0 Å². The van der Waals surface area contributed by atoms with Gasteiger partial charge in [0, 0.05) is 48.7 Å². The summed E-state index contributed by atoms with van der Waals surface area (Å²) in [6.07, 6.45) is 13.2. The fraction of sp³-hybridized carbons (Fsp3) is 0.314. The minimum atomic E-state index is -0.347. The van der Waals surface area contributed by atoms with Gasteiger partial charge in [-0.25, -0.2) is 14.4 Å². The van der Waals surface area contributed by atoms with E-state index in [0.717, 1.165) is 30.5 Å². The molecule has 1 amide bonds. The van der Waals surface area contributed by atoms with Crippen molar-refractivity contribution in [2.45, 2.75) is 38.5 Å². The molecule has 0 spiro atoms. The third-order valence-electron chi connectivity index (χ3n) is 8.64. The van der Waals surface area contributed by atoms with E-state index in [9.17, 15) is 9.18 Å². The molecular weight excluding hydrogens is 595 g/mol. The van der Waals surface area contributed by atoms with Crippen molar-refractivity contribution in [3.63, 3.8) is 0 Å². The first kappa shape index (κ1) is 30.4. The Balaban J connectivity index is 1.16. The molecule has 1 fully saturated rings. The molecule has 1 aliphatic carbocycles. The van der Waals surface area contributed by atoms with Crippen molar-refractivity contribution in [3.05, 3.63) is 67.0 Å². The van der Waals surface area contributed by atoms with E-state index in [-0.39, 0.29) is 11.7 Å². The van der Waals surface area contributed by atoms with E-state index in [1.165, 1.54) is 31.4 Å². The zero-order valence-corrected chi connectivity index (χ0v) is 26.5. The molecule has 4 N–H and O–H groups in total. The van der Waals surface area contributed by atoms with Gasteiger partial charge in [0.2, 0.25) is 5.91 Å². The monoisotopic (exact) mass is 632 g/mol. The highest BCUT2D eigenvalue weighted by molar-refractivity contribution is 5.96. The Hall–Kier alpha value is -5.23. The molecule has 1 aliphatic rings. The highest BCUT2D eigenvalue weighted by Gasteiger charge is 2.19. The van der Waals surface area contributed by atoms with Crippen LogP contribution in [-0.4, -0.2) is 73.1 Å². The van der Waals surface area contributed by atoms with E-state index in [1.807, 2.05) is 38.4 Å². The van der Waals surface area contributed by atoms with E-state index < -0.39 is 0 Å². The maximum absolute atomic E-state index is 14.7. The SMILES string of the molecule is CN(C)CCNc1cc(F)cc(-c2cncc3[nH]c(-c4n[nH]c5ccc(-c6cncc(NC(=O)CC7CCCCC7)c6)nc45)nc23)c1. The molecule has 0 bridgehead atoms. The highest BCUT2D eigenvalue weighted by atomic mass is 19.1. The molecule has 12 heteroatoms. The number of imidazole rings is 1. The van der Waals surface area contributed by atoms with Gasteiger partial charge in [-0.2, -0.15) is 5.10 Å². The predicted octanol–water partition coefficient (Wildman–Crippen LogP) is 6.65. The number of hydrogen-bond donors (Lipinski definition) is 4. The number of benzene rings is 1. The van der Waals surface area contributed by atoms with Crippen LogP contribution in [-0.2, 0) is 4.79 Å². The number of carbonyl (C=O) groups excluding carboxylic acids is 1. The molecule has 1 aromatic carbocycles. The van der Waals surface area contributed by atoms with Crippen molar-refractivity contribution >= 4 is 39.3 Å². The molecule has 5 aromatic heterocycles. The predicted molar refractivity (Wildman–Crippen MR) is 182 cm³/mol. The van der Waals surface area contributed by atoms with Crippen LogP contribution in [0.2, 0.25) is 0 Å². The Morgan fingerprint density at radius 1 is 0.915 bits per heavy atom. The van der Waals surface area contributed by atoms with Crippen molar-refractivity contribution < 1.29 is 9.18 Å². The third-order valence-corrected chi connectivity index (χ3v) is 8.64. The van der Waals surface area contributed by atoms with Crippen molar-refractivity contribution in [1.29, 1.82) is 0 Å². The van der Waals surface area contributed by atoms with E-state index in [4.69, 9.17) is 9.97 Å². The standard InChI is InChI=1S/C35H37FN10O/c1-46(2)11-10-39-25-14-22(13-24(36)16-25)27-19-38-20-30-32(27)43-35(42-30)34-33-29(44-45-34)9-8-28(41-33)23-15-26(18-37-17-23)40-31(47)12-21-6-4-3-5-7-21/h8-9,13-21,39H,3-7,10-12H2,1-2H3,(H,40,47)(H,42,43)(H,44,45). The molecule has 1 saturated carbocycles. The van der Waals surface area contributed by atoms with Crippen molar-refractivity contribution in [2.75, 3.05) is 37.8 Å². The van der Waals surface area contributed by atoms with Gasteiger partial charge in [0.05, 0.1) is 40.3 Å². The number of carbonyl (C=O) groups is 1. The molecule has 47 heavy (non-hydrogen) atoms. The van der Waals surface area contributed by atoms with Crippen LogP contribution in [0.5, 0.6) is 0 Å². The topological polar surface area (TPSA) is 140 Å². The van der Waals surface area contributed by atoms with Gasteiger partial charge in [-0.15, -0.1) is 0 Å². The number of rotatable bonds is 10. The summed E-state index contributed by atoms with van der Waals surface area (Å²) >= 11 is 0. The van der Waals surface area contributed by atoms with Crippen LogP contribution in [0.15, 0.2) is 61.2 Å². The number of amides is 1. The number of H-pyrrole nitrogens is 2. The number of pyridine rings is 3. The number of likely N-dealkylation sites (N-methyl/N-ethyl adjacent to an activating group) is 1. The summed E-state index contributed by atoms with van der Waals surface area (Å²) in [4.78, 5) is 36.7. The number of fused-ring (bicyclic) bond motifs is 2. The van der Waals surface area contributed by atoms with Gasteiger partial charge < -0.3 is 20.5 Å². The van der Waals surface area contributed by atoms with Gasteiger partial charge >= 0.3 is 0 Å². The van der Waals surface area contributed by atoms with Crippen LogP contribution in [0, 0.1) is 11.7 Å². The quantitative estimate of drug-likeness (QED) is 0.132. The number of nitrogens with zero attached hydrogens (tertiary/aromatic N) is 6. The van der Waals surface area contributed by atoms with Gasteiger partial charge in [-0.3, -0.25) is 19.9 Å². The summed E-state index contributed by atoms with van der Waals surface area (Å²) in [5, 5.41) is 13.9. The Morgan fingerprint density at radius 3 is 2.60 bits per heavy atom. The molecule has 240 valence electrons. The zero-order chi connectivity index (χ0) is 32.3. The van der Waals surface area contributed by atoms with Gasteiger partial charge in [-0.1, -0.05) is 19.3 Å². The second kappa shape index (κ2) is 13.2. The fourth-order valence-electron chi connectivity index (χ4n) is 6.27. The lowest BCUT2D eigenvalue weighted by molar-refractivity contribution is -0.117. The van der Waals surface area contributed by atoms with E-state index in [2.05, 4.69) is 40.7 Å². The minimum absolute atomic E-state index is 0.0187. The molecule has 6 aromatic rings. The first-order valence-electron chi connectivity index (χ1n) is 16.0. The highest BCUT2D eigenvalue weighted by Crippen LogP contribution is 2.33. The molecule has 7 rings (SSSR count). The lowest BCUT2D eigenvalue weighted by Gasteiger charge is -2.20. The van der Waals surface area contributed by atoms with Crippen LogP contribution < -0.4 is 10.6 Å². The molecule has 0 unspecified atom stereocenters. The second-order valence-corrected chi connectivity index (χ2v) is 12.5. The number of halogens is 1. The average molecular weight is 633 g/mol. The summed E-state index contributed by atoms with van der Waals surface area (Å²) in [5.41, 5.74) is 7.39. The van der Waals surface area contributed by atoms with E-state index in [0.29, 0.717) is 75.1 Å². The number of anilines is 2. The molecule has 0 aliphatic heterocycles. The summed E-state index contributed by atoms with van der Waals surface area (Å²) < 4.78 is 14.7. The first-order valence-corrected chi connectivity index (χ1v) is 16.0. The molecular formula is C35H37FN10O. The lowest BCUT2D eigenvalue weighted by Crippen LogP contribution is -2.20. The summed E-state index contributed by atoms with van der Waals surface area (Å²) in [5.74, 6) is 0.632. The Bertz CT molecular complexity index is 2050. The maximum atomic E-state index is 14.7. The fourth-order valence-corrected chi connectivity index (χ4v) is 6.27. The Kier molecular flexibility index (Phi) is 8.58. The molecule has 0 atom stereocenters. The minimum Gasteiger partial charge on any atom is -0.384 e. The summed E-state index contributed by atoms with van der Waals surface area (Å²) in [6, 6.07) is 10.6. The summed E-state index contributed by atoms with van der Waals surface area (Å²) in [6.45, 7) is 1.50. The molecule has 0 saturated heterocycles. The van der Waals surface area contributed by atoms with Crippen molar-refractivity contribution in [2.24, 2.45) is 5.92 Å². The average Bonchev–Trinajstić information content (AvgIpc) is 3.69. The van der Waals surface area contributed by atoms with Crippen LogP contribution in [0.1, 0.15) is 38.5 Å². The number of aromatic nitrogens is 7. The summed E-state index contributed by atoms with van der Waals surface area (Å²) in [7, 11) is 3.99. The van der Waals surface area contributed by atoms with Gasteiger partial charge in [-0.05, 0) is 74.8 Å². The molecule has 0 radical (unpaired) electrons. The van der Waals surface area contributed by atoms with Crippen LogP contribution in [0.25, 0.3) is 56.0 Å². The van der Waals surface area contributed by atoms with E-state index >= 15 is 0 Å². The number of hydrogen-bond acceptors (Lipinski definition) is 8. The van der Waals surface area contributed by atoms with Crippen LogP contribution in [0.4, 0.5) is 15.8 Å². The van der Waals surface area contributed by atoms with Gasteiger partial charge in [0.1, 0.15) is 11.3 Å². The van der Waals surface area contributed by atoms with Crippen molar-refractivity contribution in [3.8, 4) is 33.9 Å². The van der Waals surface area contributed by atoms with Gasteiger partial charge in [0.15, 0.2) is 11.5 Å². The Morgan fingerprint density at radius 2 is 1.74 bits per heavy atom. The Labute approximate surface area is 271 Å². The largest absolute Gasteiger partial charge is 0.384 e. The smallest absolute Gasteiger partial charge is 0.224 e. The third kappa shape index (κ3) is 6.82. The first-order chi connectivity index (χ1) is 22.9. The zero-order valence-electron chi connectivity index (χ0n) is 26.5. The number of nitrogens with one attached hydrogen (secondary N) is 4. The molecule has 5 heterocycles. The van der Waals surface area contributed by atoms with Crippen LogP contribution in [0.3, 0.4) is 0 Å². The molecule has 11 nitrogen and oxygen atoms in total. The maximum Gasteiger partial charge on any atom is 0.224 e. The van der Waals surface area contributed by atoms with Crippen LogP contribution >= 0.6 is 0 Å².